The van der Waals surface area contributed by atoms with E-state index in [1.54, 1.807) is 49.1 Å². The molecular formula is C20H21Cl2FN2O2S. The molecule has 0 saturated heterocycles. The fourth-order valence-corrected chi connectivity index (χ4v) is 3.55. The normalized spacial score (nSPS) is 11.8. The van der Waals surface area contributed by atoms with Crippen LogP contribution < -0.4 is 5.32 Å². The van der Waals surface area contributed by atoms with Gasteiger partial charge in [0, 0.05) is 24.2 Å². The summed E-state index contributed by atoms with van der Waals surface area (Å²) in [5.41, 5.74) is 0.534. The molecule has 0 aliphatic heterocycles. The Bertz CT molecular complexity index is 830. The molecule has 2 aromatic rings. The van der Waals surface area contributed by atoms with Crippen molar-refractivity contribution < 1.29 is 14.0 Å². The van der Waals surface area contributed by atoms with Crippen LogP contribution in [0.1, 0.15) is 22.3 Å². The third kappa shape index (κ3) is 5.87. The molecule has 4 nitrogen and oxygen atoms in total. The lowest BCUT2D eigenvalue weighted by atomic mass is 10.1. The molecule has 1 unspecified atom stereocenters. The van der Waals surface area contributed by atoms with Gasteiger partial charge in [0.25, 0.3) is 5.91 Å². The summed E-state index contributed by atoms with van der Waals surface area (Å²) in [5.74, 6) is -0.558. The summed E-state index contributed by atoms with van der Waals surface area (Å²) in [6, 6.07) is 10.2. The second-order valence-corrected chi connectivity index (χ2v) is 7.98. The lowest BCUT2D eigenvalue weighted by Gasteiger charge is -2.25. The van der Waals surface area contributed by atoms with E-state index in [1.807, 2.05) is 6.26 Å². The van der Waals surface area contributed by atoms with Gasteiger partial charge in [0.05, 0.1) is 10.6 Å². The lowest BCUT2D eigenvalue weighted by molar-refractivity contribution is -0.132. The van der Waals surface area contributed by atoms with Crippen molar-refractivity contribution in [2.75, 3.05) is 19.1 Å². The Kier molecular flexibility index (Phi) is 8.60. The maximum absolute atomic E-state index is 14.0. The van der Waals surface area contributed by atoms with E-state index in [9.17, 15) is 14.0 Å². The largest absolute Gasteiger partial charge is 0.340 e. The van der Waals surface area contributed by atoms with E-state index >= 15 is 0 Å². The van der Waals surface area contributed by atoms with Crippen LogP contribution in [-0.4, -0.2) is 41.8 Å². The number of nitrogens with one attached hydrogen (secondary N) is 1. The molecule has 0 bridgehead atoms. The maximum atomic E-state index is 14.0. The first-order valence-corrected chi connectivity index (χ1v) is 10.7. The Balaban J connectivity index is 2.15. The van der Waals surface area contributed by atoms with Crippen LogP contribution in [0.25, 0.3) is 0 Å². The Morgan fingerprint density at radius 1 is 1.14 bits per heavy atom. The van der Waals surface area contributed by atoms with E-state index in [-0.39, 0.29) is 23.0 Å². The quantitative estimate of drug-likeness (QED) is 0.647. The average molecular weight is 443 g/mol. The second kappa shape index (κ2) is 10.7. The maximum Gasteiger partial charge on any atom is 0.253 e. The number of benzene rings is 2. The SMILES string of the molecule is CSCCC(NC(=O)c1ccccc1Cl)C(=O)N(C)Cc1c(F)cccc1Cl. The summed E-state index contributed by atoms with van der Waals surface area (Å²) in [7, 11) is 1.55. The van der Waals surface area contributed by atoms with Gasteiger partial charge in [-0.15, -0.1) is 0 Å². The van der Waals surface area contributed by atoms with Crippen molar-refractivity contribution in [2.45, 2.75) is 19.0 Å². The first-order chi connectivity index (χ1) is 13.3. The summed E-state index contributed by atoms with van der Waals surface area (Å²) in [5, 5.41) is 3.31. The molecule has 150 valence electrons. The topological polar surface area (TPSA) is 49.4 Å². The van der Waals surface area contributed by atoms with E-state index in [0.29, 0.717) is 22.8 Å². The Morgan fingerprint density at radius 2 is 1.82 bits per heavy atom. The van der Waals surface area contributed by atoms with Gasteiger partial charge in [-0.1, -0.05) is 41.4 Å². The highest BCUT2D eigenvalue weighted by atomic mass is 35.5. The molecule has 0 heterocycles. The Hall–Kier alpha value is -1.76. The van der Waals surface area contributed by atoms with Gasteiger partial charge >= 0.3 is 0 Å². The van der Waals surface area contributed by atoms with Crippen LogP contribution >= 0.6 is 35.0 Å². The molecule has 2 rings (SSSR count). The molecular weight excluding hydrogens is 422 g/mol. The van der Waals surface area contributed by atoms with Crippen LogP contribution in [0.15, 0.2) is 42.5 Å². The fraction of sp³-hybridized carbons (Fsp3) is 0.300. The highest BCUT2D eigenvalue weighted by Crippen LogP contribution is 2.21. The monoisotopic (exact) mass is 442 g/mol. The van der Waals surface area contributed by atoms with Crippen LogP contribution in [0.2, 0.25) is 10.0 Å². The number of hydrogen-bond donors (Lipinski definition) is 1. The van der Waals surface area contributed by atoms with Gasteiger partial charge in [-0.3, -0.25) is 9.59 Å². The third-order valence-electron chi connectivity index (χ3n) is 4.17. The van der Waals surface area contributed by atoms with Crippen molar-refractivity contribution in [1.29, 1.82) is 0 Å². The zero-order valence-electron chi connectivity index (χ0n) is 15.5. The van der Waals surface area contributed by atoms with Crippen molar-refractivity contribution >= 4 is 46.8 Å². The molecule has 8 heteroatoms. The molecule has 28 heavy (non-hydrogen) atoms. The molecule has 0 aromatic heterocycles. The lowest BCUT2D eigenvalue weighted by Crippen LogP contribution is -2.47. The summed E-state index contributed by atoms with van der Waals surface area (Å²) in [6.45, 7) is 0.00206. The summed E-state index contributed by atoms with van der Waals surface area (Å²) < 4.78 is 14.0. The third-order valence-corrected chi connectivity index (χ3v) is 5.49. The number of thioether (sulfide) groups is 1. The van der Waals surface area contributed by atoms with Crippen LogP contribution in [0, 0.1) is 5.82 Å². The number of rotatable bonds is 8. The number of amides is 2. The molecule has 2 amide bonds. The van der Waals surface area contributed by atoms with Gasteiger partial charge < -0.3 is 10.2 Å². The molecule has 1 atom stereocenters. The minimum atomic E-state index is -0.758. The zero-order chi connectivity index (χ0) is 20.7. The molecule has 0 saturated carbocycles. The van der Waals surface area contributed by atoms with Crippen molar-refractivity contribution in [2.24, 2.45) is 0 Å². The van der Waals surface area contributed by atoms with Gasteiger partial charge in [0.15, 0.2) is 0 Å². The minimum absolute atomic E-state index is 0.00206. The molecule has 0 spiro atoms. The van der Waals surface area contributed by atoms with Gasteiger partial charge in [0.2, 0.25) is 5.91 Å². The molecule has 1 N–H and O–H groups in total. The number of nitrogens with zero attached hydrogens (tertiary/aromatic N) is 1. The van der Waals surface area contributed by atoms with Crippen LogP contribution in [-0.2, 0) is 11.3 Å². The minimum Gasteiger partial charge on any atom is -0.340 e. The summed E-state index contributed by atoms with van der Waals surface area (Å²) >= 11 is 13.7. The average Bonchev–Trinajstić information content (AvgIpc) is 2.67. The first kappa shape index (κ1) is 22.5. The molecule has 0 fully saturated rings. The van der Waals surface area contributed by atoms with Gasteiger partial charge in [0.1, 0.15) is 11.9 Å². The molecule has 0 aliphatic carbocycles. The van der Waals surface area contributed by atoms with Crippen molar-refractivity contribution in [3.05, 3.63) is 69.5 Å². The van der Waals surface area contributed by atoms with Crippen molar-refractivity contribution in [1.82, 2.24) is 10.2 Å². The fourth-order valence-electron chi connectivity index (χ4n) is 2.64. The Labute approximate surface area is 178 Å². The standard InChI is InChI=1S/C20H21Cl2FN2O2S/c1-25(12-14-16(22)8-5-9-17(14)23)20(27)18(10-11-28-2)24-19(26)13-6-3-4-7-15(13)21/h3-9,18H,10-12H2,1-2H3,(H,24,26). The van der Waals surface area contributed by atoms with E-state index in [0.717, 1.165) is 0 Å². The van der Waals surface area contributed by atoms with Gasteiger partial charge in [-0.05, 0) is 42.7 Å². The Morgan fingerprint density at radius 3 is 2.46 bits per heavy atom. The van der Waals surface area contributed by atoms with Crippen molar-refractivity contribution in [3.8, 4) is 0 Å². The van der Waals surface area contributed by atoms with Crippen LogP contribution in [0.5, 0.6) is 0 Å². The van der Waals surface area contributed by atoms with Gasteiger partial charge in [-0.2, -0.15) is 11.8 Å². The van der Waals surface area contributed by atoms with Gasteiger partial charge in [-0.25, -0.2) is 4.39 Å². The number of carbonyl (C=O) groups excluding carboxylic acids is 2. The molecule has 0 aliphatic rings. The predicted octanol–water partition coefficient (Wildman–Crippen LogP) is 4.64. The highest BCUT2D eigenvalue weighted by molar-refractivity contribution is 7.98. The van der Waals surface area contributed by atoms with E-state index in [4.69, 9.17) is 23.2 Å². The van der Waals surface area contributed by atoms with Crippen LogP contribution in [0.4, 0.5) is 4.39 Å². The molecule has 0 radical (unpaired) electrons. The first-order valence-electron chi connectivity index (χ1n) is 8.57. The van der Waals surface area contributed by atoms with E-state index in [2.05, 4.69) is 5.32 Å². The number of halogens is 3. The van der Waals surface area contributed by atoms with Crippen molar-refractivity contribution in [3.63, 3.8) is 0 Å². The number of carbonyl (C=O) groups is 2. The second-order valence-electron chi connectivity index (χ2n) is 6.18. The summed E-state index contributed by atoms with van der Waals surface area (Å²) in [4.78, 5) is 26.9. The predicted molar refractivity (Wildman–Crippen MR) is 114 cm³/mol. The number of hydrogen-bond acceptors (Lipinski definition) is 3. The molecule has 2 aromatic carbocycles. The summed E-state index contributed by atoms with van der Waals surface area (Å²) in [6.07, 6.45) is 2.35. The smallest absolute Gasteiger partial charge is 0.253 e. The van der Waals surface area contributed by atoms with E-state index < -0.39 is 17.8 Å². The zero-order valence-corrected chi connectivity index (χ0v) is 17.9. The number of likely N-dealkylation sites (N-methyl/N-ethyl adjacent to an activating group) is 1. The van der Waals surface area contributed by atoms with E-state index in [1.165, 1.54) is 17.0 Å². The highest BCUT2D eigenvalue weighted by Gasteiger charge is 2.26. The van der Waals surface area contributed by atoms with Crippen LogP contribution in [0.3, 0.4) is 0 Å².